The molecule has 4 N–H and O–H groups in total. The van der Waals surface area contributed by atoms with Gasteiger partial charge in [-0.15, -0.1) is 0 Å². The lowest BCUT2D eigenvalue weighted by Gasteiger charge is -2.43. The van der Waals surface area contributed by atoms with Crippen LogP contribution < -0.4 is 11.1 Å². The number of carboxylic acid groups (broad SMARTS) is 1. The van der Waals surface area contributed by atoms with Crippen molar-refractivity contribution in [1.82, 2.24) is 0 Å². The first kappa shape index (κ1) is 13.2. The quantitative estimate of drug-likeness (QED) is 0.744. The molecule has 0 unspecified atom stereocenters. The number of hydrogen-bond donors (Lipinski definition) is 3. The minimum atomic E-state index is -0.998. The third-order valence-electron chi connectivity index (χ3n) is 3.76. The second kappa shape index (κ2) is 4.80. The molecule has 4 nitrogen and oxygen atoms in total. The molecule has 0 atom stereocenters. The number of carboxylic acids is 1. The maximum atomic E-state index is 11.1. The normalized spacial score (nSPS) is 17.0. The Labute approximate surface area is 115 Å². The molecule has 5 heteroatoms. The van der Waals surface area contributed by atoms with Gasteiger partial charge in [0.05, 0.1) is 5.56 Å². The van der Waals surface area contributed by atoms with Gasteiger partial charge in [-0.3, -0.25) is 0 Å². The average molecular weight is 313 g/mol. The number of rotatable bonds is 4. The van der Waals surface area contributed by atoms with Crippen LogP contribution in [0.3, 0.4) is 0 Å². The monoisotopic (exact) mass is 312 g/mol. The second-order valence-electron chi connectivity index (χ2n) is 4.84. The zero-order valence-corrected chi connectivity index (χ0v) is 11.9. The summed E-state index contributed by atoms with van der Waals surface area (Å²) in [6, 6.07) is 3.26. The first-order chi connectivity index (χ1) is 8.47. The Bertz CT molecular complexity index is 479. The van der Waals surface area contributed by atoms with Crippen molar-refractivity contribution in [1.29, 1.82) is 0 Å². The van der Waals surface area contributed by atoms with Gasteiger partial charge in [-0.05, 0) is 53.7 Å². The fraction of sp³-hybridized carbons (Fsp3) is 0.462. The SMILES string of the molecule is CCC1(Nc2cc(C(=O)O)c(N)cc2Br)CCC1. The fourth-order valence-corrected chi connectivity index (χ4v) is 2.79. The molecule has 0 aromatic heterocycles. The van der Waals surface area contributed by atoms with E-state index in [1.54, 1.807) is 12.1 Å². The maximum absolute atomic E-state index is 11.1. The molecule has 18 heavy (non-hydrogen) atoms. The van der Waals surface area contributed by atoms with Crippen molar-refractivity contribution in [3.05, 3.63) is 22.2 Å². The molecule has 1 aliphatic rings. The summed E-state index contributed by atoms with van der Waals surface area (Å²) >= 11 is 3.43. The van der Waals surface area contributed by atoms with Crippen LogP contribution >= 0.6 is 15.9 Å². The van der Waals surface area contributed by atoms with E-state index in [9.17, 15) is 4.79 Å². The van der Waals surface area contributed by atoms with Crippen LogP contribution in [0.15, 0.2) is 16.6 Å². The Morgan fingerprint density at radius 1 is 1.56 bits per heavy atom. The first-order valence-electron chi connectivity index (χ1n) is 6.08. The third-order valence-corrected chi connectivity index (χ3v) is 4.41. The van der Waals surface area contributed by atoms with Gasteiger partial charge in [0.25, 0.3) is 0 Å². The van der Waals surface area contributed by atoms with Crippen LogP contribution in [0.25, 0.3) is 0 Å². The van der Waals surface area contributed by atoms with Crippen LogP contribution in [-0.2, 0) is 0 Å². The molecule has 0 radical (unpaired) electrons. The van der Waals surface area contributed by atoms with E-state index in [0.29, 0.717) is 0 Å². The molecular formula is C13H17BrN2O2. The van der Waals surface area contributed by atoms with Gasteiger partial charge in [-0.2, -0.15) is 0 Å². The zero-order chi connectivity index (χ0) is 13.3. The molecular weight excluding hydrogens is 296 g/mol. The molecule has 0 spiro atoms. The lowest BCUT2D eigenvalue weighted by molar-refractivity contribution is 0.0698. The number of nitrogens with one attached hydrogen (secondary N) is 1. The number of halogens is 1. The van der Waals surface area contributed by atoms with E-state index >= 15 is 0 Å². The summed E-state index contributed by atoms with van der Waals surface area (Å²) in [5.74, 6) is -0.998. The third kappa shape index (κ3) is 2.32. The highest BCUT2D eigenvalue weighted by Gasteiger charge is 2.35. The van der Waals surface area contributed by atoms with Crippen molar-refractivity contribution in [2.75, 3.05) is 11.1 Å². The van der Waals surface area contributed by atoms with E-state index < -0.39 is 5.97 Å². The summed E-state index contributed by atoms with van der Waals surface area (Å²) in [6.45, 7) is 2.15. The molecule has 0 bridgehead atoms. The van der Waals surface area contributed by atoms with Gasteiger partial charge in [-0.25, -0.2) is 4.79 Å². The van der Waals surface area contributed by atoms with Gasteiger partial charge in [0.2, 0.25) is 0 Å². The predicted octanol–water partition coefficient (Wildman–Crippen LogP) is 3.47. The van der Waals surface area contributed by atoms with Gasteiger partial charge in [0.15, 0.2) is 0 Å². The van der Waals surface area contributed by atoms with E-state index in [-0.39, 0.29) is 16.8 Å². The van der Waals surface area contributed by atoms with E-state index in [1.165, 1.54) is 6.42 Å². The topological polar surface area (TPSA) is 75.3 Å². The van der Waals surface area contributed by atoms with E-state index in [2.05, 4.69) is 28.2 Å². The number of carbonyl (C=O) groups is 1. The lowest BCUT2D eigenvalue weighted by atomic mass is 9.74. The molecule has 98 valence electrons. The van der Waals surface area contributed by atoms with Crippen LogP contribution in [0.2, 0.25) is 0 Å². The molecule has 0 saturated heterocycles. The molecule has 2 rings (SSSR count). The summed E-state index contributed by atoms with van der Waals surface area (Å²) in [4.78, 5) is 11.1. The highest BCUT2D eigenvalue weighted by atomic mass is 79.9. The van der Waals surface area contributed by atoms with Crippen molar-refractivity contribution in [3.63, 3.8) is 0 Å². The highest BCUT2D eigenvalue weighted by Crippen LogP contribution is 2.40. The standard InChI is InChI=1S/C13H17BrN2O2/c1-2-13(4-3-5-13)16-11-6-8(12(17)18)10(15)7-9(11)14/h6-7,16H,2-5,15H2,1H3,(H,17,18). The number of anilines is 2. The molecule has 1 saturated carbocycles. The summed E-state index contributed by atoms with van der Waals surface area (Å²) in [5.41, 5.74) is 7.04. The predicted molar refractivity (Wildman–Crippen MR) is 76.0 cm³/mol. The summed E-state index contributed by atoms with van der Waals surface area (Å²) < 4.78 is 0.810. The molecule has 1 fully saturated rings. The van der Waals surface area contributed by atoms with Gasteiger partial charge >= 0.3 is 5.97 Å². The molecule has 0 amide bonds. The Balaban J connectivity index is 2.32. The smallest absolute Gasteiger partial charge is 0.337 e. The minimum Gasteiger partial charge on any atom is -0.478 e. The van der Waals surface area contributed by atoms with Crippen LogP contribution in [0.5, 0.6) is 0 Å². The van der Waals surface area contributed by atoms with Gasteiger partial charge in [0.1, 0.15) is 0 Å². The Morgan fingerprint density at radius 3 is 2.67 bits per heavy atom. The zero-order valence-electron chi connectivity index (χ0n) is 10.3. The number of benzene rings is 1. The molecule has 0 heterocycles. The molecule has 1 aromatic rings. The van der Waals surface area contributed by atoms with Crippen molar-refractivity contribution in [2.45, 2.75) is 38.1 Å². The number of hydrogen-bond acceptors (Lipinski definition) is 3. The van der Waals surface area contributed by atoms with E-state index in [0.717, 1.165) is 29.4 Å². The second-order valence-corrected chi connectivity index (χ2v) is 5.69. The van der Waals surface area contributed by atoms with Gasteiger partial charge in [0, 0.05) is 21.4 Å². The summed E-state index contributed by atoms with van der Waals surface area (Å²) in [5, 5.41) is 12.6. The van der Waals surface area contributed by atoms with Crippen molar-refractivity contribution < 1.29 is 9.90 Å². The summed E-state index contributed by atoms with van der Waals surface area (Å²) in [7, 11) is 0. The number of nitrogen functional groups attached to an aromatic ring is 1. The van der Waals surface area contributed by atoms with E-state index in [4.69, 9.17) is 10.8 Å². The van der Waals surface area contributed by atoms with Crippen LogP contribution in [0, 0.1) is 0 Å². The Morgan fingerprint density at radius 2 is 2.22 bits per heavy atom. The van der Waals surface area contributed by atoms with Crippen molar-refractivity contribution in [2.24, 2.45) is 0 Å². The maximum Gasteiger partial charge on any atom is 0.337 e. The van der Waals surface area contributed by atoms with Crippen molar-refractivity contribution >= 4 is 33.3 Å². The highest BCUT2D eigenvalue weighted by molar-refractivity contribution is 9.10. The molecule has 0 aliphatic heterocycles. The molecule has 1 aliphatic carbocycles. The van der Waals surface area contributed by atoms with E-state index in [1.807, 2.05) is 0 Å². The van der Waals surface area contributed by atoms with Crippen molar-refractivity contribution in [3.8, 4) is 0 Å². The van der Waals surface area contributed by atoms with Crippen LogP contribution in [0.4, 0.5) is 11.4 Å². The number of aromatic carboxylic acids is 1. The first-order valence-corrected chi connectivity index (χ1v) is 6.87. The Kier molecular flexibility index (Phi) is 3.52. The van der Waals surface area contributed by atoms with Gasteiger partial charge < -0.3 is 16.2 Å². The van der Waals surface area contributed by atoms with Crippen LogP contribution in [-0.4, -0.2) is 16.6 Å². The number of nitrogens with two attached hydrogens (primary N) is 1. The molecule has 1 aromatic carbocycles. The Hall–Kier alpha value is -1.23. The average Bonchev–Trinajstić information content (AvgIpc) is 2.25. The van der Waals surface area contributed by atoms with Gasteiger partial charge in [-0.1, -0.05) is 6.92 Å². The lowest BCUT2D eigenvalue weighted by Crippen LogP contribution is -2.44. The van der Waals surface area contributed by atoms with Crippen LogP contribution in [0.1, 0.15) is 43.0 Å². The summed E-state index contributed by atoms with van der Waals surface area (Å²) in [6.07, 6.45) is 4.51. The minimum absolute atomic E-state index is 0.119. The largest absolute Gasteiger partial charge is 0.478 e. The fourth-order valence-electron chi connectivity index (χ4n) is 2.33.